The van der Waals surface area contributed by atoms with Crippen LogP contribution >= 0.6 is 0 Å². The van der Waals surface area contributed by atoms with Crippen LogP contribution in [0.5, 0.6) is 0 Å². The number of hydrogen-bond donors (Lipinski definition) is 0. The highest BCUT2D eigenvalue weighted by Gasteiger charge is 2.53. The molecule has 0 amide bonds. The van der Waals surface area contributed by atoms with Gasteiger partial charge in [0.1, 0.15) is 0 Å². The molecule has 0 unspecified atom stereocenters. The maximum Gasteiger partial charge on any atom is 0.207 e. The Morgan fingerprint density at radius 3 is 1.59 bits per heavy atom. The Kier molecular flexibility index (Phi) is 8.13. The lowest BCUT2D eigenvalue weighted by Gasteiger charge is -2.48. The van der Waals surface area contributed by atoms with Gasteiger partial charge < -0.3 is 9.47 Å². The number of anilines is 3. The second-order valence-corrected chi connectivity index (χ2v) is 19.9. The third kappa shape index (κ3) is 5.29. The molecule has 0 fully saturated rings. The third-order valence-electron chi connectivity index (χ3n) is 12.8. The number of para-hydroxylation sites is 4. The summed E-state index contributed by atoms with van der Waals surface area (Å²) in [6.07, 6.45) is 0. The molecule has 6 nitrogen and oxygen atoms in total. The van der Waals surface area contributed by atoms with Crippen LogP contribution in [0.25, 0.3) is 38.6 Å². The van der Waals surface area contributed by atoms with Crippen LogP contribution in [-0.4, -0.2) is 21.4 Å². The van der Waals surface area contributed by atoms with Crippen LogP contribution in [0.1, 0.15) is 22.3 Å². The molecule has 0 aliphatic carbocycles. The Balaban J connectivity index is 1.08. The van der Waals surface area contributed by atoms with Crippen molar-refractivity contribution in [1.29, 1.82) is 0 Å². The molecule has 0 radical (unpaired) electrons. The topological polar surface area (TPSA) is 76.5 Å². The minimum atomic E-state index is -4.06. The Morgan fingerprint density at radius 2 is 0.921 bits per heavy atom. The van der Waals surface area contributed by atoms with Crippen molar-refractivity contribution >= 4 is 58.5 Å². The molecule has 12 rings (SSSR count). The molecule has 0 saturated heterocycles. The molecule has 302 valence electrons. The van der Waals surface area contributed by atoms with Crippen molar-refractivity contribution in [3.05, 3.63) is 241 Å². The molecule has 1 spiro atoms. The van der Waals surface area contributed by atoms with Crippen LogP contribution < -0.4 is 4.90 Å². The molecule has 1 aromatic heterocycles. The Bertz CT molecular complexity index is 3650. The minimum Gasteiger partial charge on any atom is -0.310 e. The van der Waals surface area contributed by atoms with Crippen molar-refractivity contribution in [2.75, 3.05) is 4.90 Å². The van der Waals surface area contributed by atoms with Crippen molar-refractivity contribution in [2.45, 2.75) is 25.0 Å². The van der Waals surface area contributed by atoms with E-state index in [-0.39, 0.29) is 19.6 Å². The Labute approximate surface area is 365 Å². The monoisotopic (exact) mass is 852 g/mol. The first-order valence-corrected chi connectivity index (χ1v) is 23.7. The summed E-state index contributed by atoms with van der Waals surface area (Å²) >= 11 is 0. The quantitative estimate of drug-likeness (QED) is 0.172. The molecule has 2 aliphatic heterocycles. The van der Waals surface area contributed by atoms with Crippen LogP contribution in [0, 0.1) is 0 Å². The van der Waals surface area contributed by atoms with E-state index in [0.29, 0.717) is 22.3 Å². The van der Waals surface area contributed by atoms with Gasteiger partial charge in [-0.05, 0) is 118 Å². The molecule has 0 saturated carbocycles. The third-order valence-corrected chi connectivity index (χ3v) is 16.5. The summed E-state index contributed by atoms with van der Waals surface area (Å²) < 4.78 is 60.5. The fraction of sp³-hybridized carbons (Fsp3) is 0.0182. The zero-order chi connectivity index (χ0) is 42.5. The number of hydrogen-bond acceptors (Lipinski definition) is 5. The number of rotatable bonds is 5. The van der Waals surface area contributed by atoms with Crippen molar-refractivity contribution in [2.24, 2.45) is 0 Å². The van der Waals surface area contributed by atoms with E-state index in [0.717, 1.165) is 55.6 Å². The largest absolute Gasteiger partial charge is 0.310 e. The lowest BCUT2D eigenvalue weighted by Crippen LogP contribution is -2.42. The molecule has 0 atom stereocenters. The molecule has 0 bridgehead atoms. The average Bonchev–Trinajstić information content (AvgIpc) is 3.66. The zero-order valence-electron chi connectivity index (χ0n) is 33.6. The summed E-state index contributed by atoms with van der Waals surface area (Å²) in [4.78, 5) is 3.14. The number of aromatic nitrogens is 1. The van der Waals surface area contributed by atoms with E-state index < -0.39 is 25.1 Å². The van der Waals surface area contributed by atoms with Gasteiger partial charge in [-0.2, -0.15) is 0 Å². The van der Waals surface area contributed by atoms with Gasteiger partial charge in [0.25, 0.3) is 0 Å². The molecular weight excluding hydrogens is 817 g/mol. The summed E-state index contributed by atoms with van der Waals surface area (Å²) in [5, 5.41) is 1.83. The first kappa shape index (κ1) is 37.3. The molecule has 9 aromatic carbocycles. The molecule has 0 N–H and O–H groups in total. The van der Waals surface area contributed by atoms with E-state index in [9.17, 15) is 8.42 Å². The van der Waals surface area contributed by atoms with Crippen molar-refractivity contribution in [1.82, 2.24) is 4.57 Å². The van der Waals surface area contributed by atoms with E-state index >= 15 is 8.42 Å². The van der Waals surface area contributed by atoms with Crippen LogP contribution in [0.15, 0.2) is 238 Å². The van der Waals surface area contributed by atoms with Gasteiger partial charge in [0.15, 0.2) is 0 Å². The summed E-state index contributed by atoms with van der Waals surface area (Å²) in [7, 11) is -7.90. The maximum atomic E-state index is 15.2. The minimum absolute atomic E-state index is 0.164. The molecule has 8 heteroatoms. The summed E-state index contributed by atoms with van der Waals surface area (Å²) in [6.45, 7) is 0. The predicted molar refractivity (Wildman–Crippen MR) is 250 cm³/mol. The number of benzene rings is 9. The second kappa shape index (κ2) is 13.7. The van der Waals surface area contributed by atoms with Gasteiger partial charge in [-0.1, -0.05) is 133 Å². The summed E-state index contributed by atoms with van der Waals surface area (Å²) in [6, 6.07) is 70.0. The summed E-state index contributed by atoms with van der Waals surface area (Å²) in [5.41, 5.74) is 9.47. The standard InChI is InChI=1S/C55H36N2O4S2/c58-62(59,41-31-27-38(28-32-41)37-15-3-1-4-16-37)42-33-29-40(30-34-42)56-49-23-11-7-19-43(49)44-35-48-54(36-52(44)56)63(60,61)53-26-14-10-22-47(53)55(48)45-20-8-12-24-50(45)57(39-17-5-2-6-18-39)51-25-13-9-21-46(51)55/h1-36H. The normalized spacial score (nSPS) is 14.5. The smallest absolute Gasteiger partial charge is 0.207 e. The fourth-order valence-electron chi connectivity index (χ4n) is 10.1. The van der Waals surface area contributed by atoms with Gasteiger partial charge in [0, 0.05) is 22.1 Å². The van der Waals surface area contributed by atoms with Crippen molar-refractivity contribution < 1.29 is 16.8 Å². The molecule has 2 aliphatic rings. The van der Waals surface area contributed by atoms with Crippen LogP contribution in [0.2, 0.25) is 0 Å². The van der Waals surface area contributed by atoms with Crippen molar-refractivity contribution in [3.63, 3.8) is 0 Å². The predicted octanol–water partition coefficient (Wildman–Crippen LogP) is 12.6. The Morgan fingerprint density at radius 1 is 0.397 bits per heavy atom. The highest BCUT2D eigenvalue weighted by molar-refractivity contribution is 7.92. The van der Waals surface area contributed by atoms with E-state index in [1.165, 1.54) is 0 Å². The Hall–Kier alpha value is -7.52. The highest BCUT2D eigenvalue weighted by Crippen LogP contribution is 2.62. The fourth-order valence-corrected chi connectivity index (χ4v) is 13.1. The second-order valence-electron chi connectivity index (χ2n) is 16.1. The van der Waals surface area contributed by atoms with Crippen LogP contribution in [0.4, 0.5) is 17.1 Å². The highest BCUT2D eigenvalue weighted by atomic mass is 32.2. The van der Waals surface area contributed by atoms with Crippen molar-refractivity contribution in [3.8, 4) is 16.8 Å². The lowest BCUT2D eigenvalue weighted by atomic mass is 9.62. The number of fused-ring (bicyclic) bond motifs is 11. The SMILES string of the molecule is O=S(=O)(c1ccc(-c2ccccc2)cc1)c1ccc(-n2c3ccccc3c3cc4c(cc32)S(=O)(=O)c2ccccc2C42c3ccccc3N(c3ccccc3)c3ccccc32)cc1. The zero-order valence-corrected chi connectivity index (χ0v) is 35.3. The number of sulfone groups is 2. The first-order chi connectivity index (χ1) is 30.8. The van der Waals surface area contributed by atoms with E-state index in [1.807, 2.05) is 126 Å². The maximum absolute atomic E-state index is 15.2. The van der Waals surface area contributed by atoms with Gasteiger partial charge in [-0.15, -0.1) is 0 Å². The number of nitrogens with zero attached hydrogens (tertiary/aromatic N) is 2. The van der Waals surface area contributed by atoms with Crippen LogP contribution in [-0.2, 0) is 25.1 Å². The van der Waals surface area contributed by atoms with E-state index in [2.05, 4.69) is 53.4 Å². The van der Waals surface area contributed by atoms with Gasteiger partial charge in [0.2, 0.25) is 19.7 Å². The first-order valence-electron chi connectivity index (χ1n) is 20.8. The van der Waals surface area contributed by atoms with Gasteiger partial charge in [-0.25, -0.2) is 16.8 Å². The van der Waals surface area contributed by atoms with Gasteiger partial charge in [-0.3, -0.25) is 0 Å². The van der Waals surface area contributed by atoms with Gasteiger partial charge >= 0.3 is 0 Å². The van der Waals surface area contributed by atoms with E-state index in [1.54, 1.807) is 48.5 Å². The average molecular weight is 853 g/mol. The molecular formula is C55H36N2O4S2. The van der Waals surface area contributed by atoms with Crippen LogP contribution in [0.3, 0.4) is 0 Å². The summed E-state index contributed by atoms with van der Waals surface area (Å²) in [5.74, 6) is 0. The van der Waals surface area contributed by atoms with E-state index in [4.69, 9.17) is 0 Å². The molecule has 10 aromatic rings. The lowest BCUT2D eigenvalue weighted by molar-refractivity contribution is 0.578. The molecule has 3 heterocycles. The van der Waals surface area contributed by atoms with Gasteiger partial charge in [0.05, 0.1) is 47.4 Å². The molecule has 63 heavy (non-hydrogen) atoms.